The lowest BCUT2D eigenvalue weighted by Gasteiger charge is -2.13. The monoisotopic (exact) mass is 467 g/mol. The molecule has 2 aromatic carbocycles. The first-order chi connectivity index (χ1) is 15.7. The van der Waals surface area contributed by atoms with Gasteiger partial charge in [0.05, 0.1) is 16.7 Å². The summed E-state index contributed by atoms with van der Waals surface area (Å²) in [5.41, 5.74) is 1.28. The van der Waals surface area contributed by atoms with Crippen molar-refractivity contribution in [2.75, 3.05) is 11.1 Å². The molecule has 0 unspecified atom stereocenters. The summed E-state index contributed by atoms with van der Waals surface area (Å²) in [6, 6.07) is 10.6. The molecule has 0 spiro atoms. The Kier molecular flexibility index (Phi) is 6.28. The summed E-state index contributed by atoms with van der Waals surface area (Å²) in [6.07, 6.45) is 0. The number of carbonyl (C=O) groups excluding carboxylic acids is 2. The van der Waals surface area contributed by atoms with Crippen LogP contribution in [0, 0.1) is 11.7 Å². The Bertz CT molecular complexity index is 1430. The lowest BCUT2D eigenvalue weighted by atomic mass is 10.1. The molecular formula is C23H22FN5O3S. The third-order valence-electron chi connectivity index (χ3n) is 4.99. The molecule has 0 radical (unpaired) electrons. The second kappa shape index (κ2) is 9.14. The van der Waals surface area contributed by atoms with Gasteiger partial charge in [0.25, 0.3) is 5.56 Å². The van der Waals surface area contributed by atoms with Gasteiger partial charge in [0, 0.05) is 17.8 Å². The van der Waals surface area contributed by atoms with Crippen LogP contribution in [0.1, 0.15) is 31.1 Å². The zero-order valence-electron chi connectivity index (χ0n) is 18.3. The summed E-state index contributed by atoms with van der Waals surface area (Å²) in [4.78, 5) is 36.9. The van der Waals surface area contributed by atoms with E-state index >= 15 is 0 Å². The van der Waals surface area contributed by atoms with Gasteiger partial charge < -0.3 is 5.32 Å². The number of anilines is 1. The minimum atomic E-state index is -0.507. The topological polar surface area (TPSA) is 98.4 Å². The van der Waals surface area contributed by atoms with Crippen molar-refractivity contribution >= 4 is 45.8 Å². The second-order valence-electron chi connectivity index (χ2n) is 8.06. The largest absolute Gasteiger partial charge is 0.325 e. The fraction of sp³-hybridized carbons (Fsp3) is 0.261. The van der Waals surface area contributed by atoms with Crippen LogP contribution in [0.2, 0.25) is 0 Å². The highest BCUT2D eigenvalue weighted by Gasteiger charge is 2.19. The van der Waals surface area contributed by atoms with Crippen LogP contribution in [0.25, 0.3) is 16.7 Å². The first kappa shape index (κ1) is 22.7. The SMILES string of the molecule is CC(=O)c1ccc(NC(=O)CSc2nnc3n(CC(C)C)c(=O)c4cc(F)ccc4n23)cc1. The van der Waals surface area contributed by atoms with E-state index in [1.807, 2.05) is 13.8 Å². The average Bonchev–Trinajstić information content (AvgIpc) is 3.19. The van der Waals surface area contributed by atoms with Gasteiger partial charge in [0.2, 0.25) is 11.7 Å². The number of nitrogens with one attached hydrogen (secondary N) is 1. The number of fused-ring (bicyclic) bond motifs is 3. The number of Topliss-reactive ketones (excluding diaryl/α,β-unsaturated/α-hetero) is 1. The van der Waals surface area contributed by atoms with Gasteiger partial charge in [-0.05, 0) is 55.3 Å². The van der Waals surface area contributed by atoms with E-state index in [0.717, 1.165) is 11.8 Å². The van der Waals surface area contributed by atoms with E-state index in [-0.39, 0.29) is 34.3 Å². The number of rotatable bonds is 7. The van der Waals surface area contributed by atoms with Gasteiger partial charge >= 0.3 is 0 Å². The van der Waals surface area contributed by atoms with Crippen molar-refractivity contribution in [2.24, 2.45) is 5.92 Å². The summed E-state index contributed by atoms with van der Waals surface area (Å²) < 4.78 is 17.1. The average molecular weight is 468 g/mol. The van der Waals surface area contributed by atoms with Crippen LogP contribution in [0.3, 0.4) is 0 Å². The van der Waals surface area contributed by atoms with Gasteiger partial charge in [0.1, 0.15) is 5.82 Å². The van der Waals surface area contributed by atoms with Crippen molar-refractivity contribution in [1.29, 1.82) is 0 Å². The predicted octanol–water partition coefficient (Wildman–Crippen LogP) is 3.77. The Morgan fingerprint density at radius 1 is 1.12 bits per heavy atom. The normalized spacial score (nSPS) is 11.4. The maximum atomic E-state index is 13.9. The standard InChI is InChI=1S/C23H22FN5O3S/c1-13(2)11-28-21(32)18-10-16(24)6-9-19(18)29-22(28)26-27-23(29)33-12-20(31)25-17-7-4-15(5-8-17)14(3)30/h4-10,13H,11-12H2,1-3H3,(H,25,31). The quantitative estimate of drug-likeness (QED) is 0.328. The predicted molar refractivity (Wildman–Crippen MR) is 125 cm³/mol. The van der Waals surface area contributed by atoms with Crippen LogP contribution >= 0.6 is 11.8 Å². The number of aromatic nitrogens is 4. The first-order valence-corrected chi connectivity index (χ1v) is 11.3. The van der Waals surface area contributed by atoms with Crippen LogP contribution in [0.15, 0.2) is 52.4 Å². The molecule has 33 heavy (non-hydrogen) atoms. The molecule has 170 valence electrons. The zero-order valence-corrected chi connectivity index (χ0v) is 19.1. The molecule has 0 fully saturated rings. The highest BCUT2D eigenvalue weighted by Crippen LogP contribution is 2.23. The molecule has 4 aromatic rings. The number of benzene rings is 2. The Labute approximate surface area is 192 Å². The fourth-order valence-corrected chi connectivity index (χ4v) is 4.24. The van der Waals surface area contributed by atoms with E-state index in [0.29, 0.717) is 34.2 Å². The third-order valence-corrected chi connectivity index (χ3v) is 5.92. The molecule has 8 nitrogen and oxygen atoms in total. The van der Waals surface area contributed by atoms with Crippen molar-refractivity contribution in [2.45, 2.75) is 32.5 Å². The first-order valence-electron chi connectivity index (χ1n) is 10.4. The molecule has 0 aliphatic carbocycles. The Hall–Kier alpha value is -3.53. The van der Waals surface area contributed by atoms with Crippen molar-refractivity contribution in [1.82, 2.24) is 19.2 Å². The van der Waals surface area contributed by atoms with Gasteiger partial charge in [0.15, 0.2) is 10.9 Å². The summed E-state index contributed by atoms with van der Waals surface area (Å²) >= 11 is 1.16. The number of carbonyl (C=O) groups is 2. The lowest BCUT2D eigenvalue weighted by molar-refractivity contribution is -0.113. The summed E-state index contributed by atoms with van der Waals surface area (Å²) in [5, 5.41) is 11.8. The summed E-state index contributed by atoms with van der Waals surface area (Å²) in [5.74, 6) is -0.279. The number of halogens is 1. The molecule has 0 aliphatic heterocycles. The van der Waals surface area contributed by atoms with Crippen molar-refractivity contribution in [3.8, 4) is 0 Å². The second-order valence-corrected chi connectivity index (χ2v) is 9.00. The maximum absolute atomic E-state index is 13.9. The molecule has 4 rings (SSSR count). The molecule has 0 atom stereocenters. The number of nitrogens with zero attached hydrogens (tertiary/aromatic N) is 4. The minimum absolute atomic E-state index is 0.0429. The molecule has 2 aromatic heterocycles. The highest BCUT2D eigenvalue weighted by atomic mass is 32.2. The smallest absolute Gasteiger partial charge is 0.262 e. The Balaban J connectivity index is 1.63. The van der Waals surface area contributed by atoms with Crippen LogP contribution in [0.5, 0.6) is 0 Å². The molecule has 0 aliphatic rings. The van der Waals surface area contributed by atoms with Gasteiger partial charge in [-0.1, -0.05) is 25.6 Å². The molecular weight excluding hydrogens is 445 g/mol. The van der Waals surface area contributed by atoms with E-state index in [1.54, 1.807) is 28.7 Å². The molecule has 1 N–H and O–H groups in total. The number of hydrogen-bond acceptors (Lipinski definition) is 6. The number of thioether (sulfide) groups is 1. The molecule has 0 saturated heterocycles. The van der Waals surface area contributed by atoms with Gasteiger partial charge in [-0.3, -0.25) is 23.4 Å². The highest BCUT2D eigenvalue weighted by molar-refractivity contribution is 7.99. The summed E-state index contributed by atoms with van der Waals surface area (Å²) in [7, 11) is 0. The van der Waals surface area contributed by atoms with Gasteiger partial charge in [-0.25, -0.2) is 4.39 Å². The molecule has 2 heterocycles. The maximum Gasteiger partial charge on any atom is 0.262 e. The molecule has 0 saturated carbocycles. The Morgan fingerprint density at radius 3 is 2.52 bits per heavy atom. The third kappa shape index (κ3) is 4.65. The fourth-order valence-electron chi connectivity index (χ4n) is 3.50. The van der Waals surface area contributed by atoms with Gasteiger partial charge in [-0.2, -0.15) is 0 Å². The van der Waals surface area contributed by atoms with E-state index < -0.39 is 5.82 Å². The molecule has 10 heteroatoms. The Morgan fingerprint density at radius 2 is 1.85 bits per heavy atom. The van der Waals surface area contributed by atoms with E-state index in [1.165, 1.54) is 29.7 Å². The van der Waals surface area contributed by atoms with Crippen molar-refractivity contribution in [3.05, 3.63) is 64.2 Å². The van der Waals surface area contributed by atoms with Crippen LogP contribution in [-0.4, -0.2) is 36.6 Å². The number of ketones is 1. The van der Waals surface area contributed by atoms with Crippen LogP contribution in [-0.2, 0) is 11.3 Å². The van der Waals surface area contributed by atoms with E-state index in [2.05, 4.69) is 15.5 Å². The van der Waals surface area contributed by atoms with Crippen LogP contribution in [0.4, 0.5) is 10.1 Å². The minimum Gasteiger partial charge on any atom is -0.325 e. The van der Waals surface area contributed by atoms with E-state index in [4.69, 9.17) is 0 Å². The number of amides is 1. The van der Waals surface area contributed by atoms with E-state index in [9.17, 15) is 18.8 Å². The van der Waals surface area contributed by atoms with Gasteiger partial charge in [-0.15, -0.1) is 10.2 Å². The molecule has 0 bridgehead atoms. The number of hydrogen-bond donors (Lipinski definition) is 1. The molecule has 1 amide bonds. The van der Waals surface area contributed by atoms with Crippen LogP contribution < -0.4 is 10.9 Å². The summed E-state index contributed by atoms with van der Waals surface area (Å²) in [6.45, 7) is 5.82. The van der Waals surface area contributed by atoms with Crippen molar-refractivity contribution in [3.63, 3.8) is 0 Å². The zero-order chi connectivity index (χ0) is 23.7. The van der Waals surface area contributed by atoms with Crippen molar-refractivity contribution < 1.29 is 14.0 Å². The lowest BCUT2D eigenvalue weighted by Crippen LogP contribution is -2.25.